The molecule has 4 aliphatic rings. The van der Waals surface area contributed by atoms with Gasteiger partial charge < -0.3 is 9.47 Å². The maximum atomic E-state index is 13.4. The molecule has 1 aromatic carbocycles. The zero-order chi connectivity index (χ0) is 23.9. The van der Waals surface area contributed by atoms with Gasteiger partial charge in [-0.2, -0.15) is 18.4 Å². The summed E-state index contributed by atoms with van der Waals surface area (Å²) >= 11 is 0. The van der Waals surface area contributed by atoms with Crippen LogP contribution >= 0.6 is 0 Å². The lowest BCUT2D eigenvalue weighted by Gasteiger charge is -2.33. The minimum absolute atomic E-state index is 0.183. The van der Waals surface area contributed by atoms with Gasteiger partial charge in [0.15, 0.2) is 0 Å². The molecule has 2 unspecified atom stereocenters. The average molecular weight is 462 g/mol. The molecule has 174 valence electrons. The second-order valence-corrected chi connectivity index (χ2v) is 9.74. The molecule has 3 aliphatic heterocycles. The lowest BCUT2D eigenvalue weighted by molar-refractivity contribution is -0.157. The van der Waals surface area contributed by atoms with Crippen LogP contribution in [0, 0.1) is 35.0 Å². The fourth-order valence-electron chi connectivity index (χ4n) is 5.72. The number of hydrogen-bond donors (Lipinski definition) is 0. The second-order valence-electron chi connectivity index (χ2n) is 9.74. The molecule has 10 heteroatoms. The van der Waals surface area contributed by atoms with E-state index in [1.165, 1.54) is 6.07 Å². The number of esters is 1. The molecule has 4 fully saturated rings. The zero-order valence-electron chi connectivity index (χ0n) is 17.9. The number of halogens is 3. The summed E-state index contributed by atoms with van der Waals surface area (Å²) in [7, 11) is 0. The van der Waals surface area contributed by atoms with Crippen molar-refractivity contribution in [2.45, 2.75) is 50.5 Å². The molecule has 0 aromatic heterocycles. The number of benzene rings is 1. The smallest absolute Gasteiger partial charge is 0.417 e. The van der Waals surface area contributed by atoms with Crippen molar-refractivity contribution in [3.63, 3.8) is 0 Å². The Hall–Kier alpha value is -2.93. The Kier molecular flexibility index (Phi) is 4.51. The highest BCUT2D eigenvalue weighted by Crippen LogP contribution is 2.63. The molecule has 1 saturated carbocycles. The average Bonchev–Trinajstić information content (AvgIpc) is 3.41. The van der Waals surface area contributed by atoms with Crippen LogP contribution in [0.15, 0.2) is 18.2 Å². The third-order valence-corrected chi connectivity index (χ3v) is 7.47. The Balaban J connectivity index is 1.49. The highest BCUT2D eigenvalue weighted by atomic mass is 19.4. The van der Waals surface area contributed by atoms with Gasteiger partial charge in [0.2, 0.25) is 11.8 Å². The van der Waals surface area contributed by atoms with E-state index in [9.17, 15) is 27.6 Å². The number of hydrogen-bond acceptors (Lipinski definition) is 6. The van der Waals surface area contributed by atoms with Crippen LogP contribution in [-0.2, 0) is 30.0 Å². The first-order chi connectivity index (χ1) is 15.4. The summed E-state index contributed by atoms with van der Waals surface area (Å²) in [6.07, 6.45) is -2.65. The van der Waals surface area contributed by atoms with Crippen LogP contribution in [0.25, 0.3) is 0 Å². The second kappa shape index (κ2) is 6.79. The lowest BCUT2D eigenvalue weighted by Crippen LogP contribution is -2.49. The Morgan fingerprint density at radius 1 is 1.24 bits per heavy atom. The monoisotopic (exact) mass is 462 g/mol. The van der Waals surface area contributed by atoms with E-state index < -0.39 is 64.0 Å². The van der Waals surface area contributed by atoms with Crippen molar-refractivity contribution in [3.05, 3.63) is 29.3 Å². The van der Waals surface area contributed by atoms with Crippen LogP contribution < -0.4 is 4.90 Å². The Labute approximate surface area is 187 Å². The van der Waals surface area contributed by atoms with E-state index in [0.29, 0.717) is 18.6 Å². The topological polar surface area (TPSA) is 96.7 Å². The quantitative estimate of drug-likeness (QED) is 0.504. The van der Waals surface area contributed by atoms with Gasteiger partial charge in [-0.3, -0.25) is 14.4 Å². The number of fused-ring (bicyclic) bond motifs is 5. The molecule has 3 heterocycles. The number of carbonyl (C=O) groups excluding carboxylic acids is 3. The highest BCUT2D eigenvalue weighted by Gasteiger charge is 2.77. The van der Waals surface area contributed by atoms with Crippen LogP contribution in [0.1, 0.15) is 44.2 Å². The summed E-state index contributed by atoms with van der Waals surface area (Å²) in [5.74, 6) is -4.21. The highest BCUT2D eigenvalue weighted by molar-refractivity contribution is 6.23. The minimum Gasteiger partial charge on any atom is -0.465 e. The maximum Gasteiger partial charge on any atom is 0.417 e. The number of rotatable bonds is 4. The molecule has 5 atom stereocenters. The Bertz CT molecular complexity index is 1120. The number of alkyl halides is 3. The molecular formula is C23H21F3N2O5. The van der Waals surface area contributed by atoms with Crippen LogP contribution in [0.3, 0.4) is 0 Å². The third kappa shape index (κ3) is 3.09. The summed E-state index contributed by atoms with van der Waals surface area (Å²) in [5.41, 5.74) is -4.51. The SMILES string of the molecule is CC12C[C@H](C(=O)OCC3CC3)C(C)(O1)[C@H]1C(=O)N(c3ccc(C#N)c(C(F)(F)F)c3)C(=O)[C@H]12. The van der Waals surface area contributed by atoms with Crippen LogP contribution in [0.4, 0.5) is 18.9 Å². The van der Waals surface area contributed by atoms with Gasteiger partial charge in [-0.25, -0.2) is 4.90 Å². The van der Waals surface area contributed by atoms with E-state index in [2.05, 4.69) is 0 Å². The van der Waals surface area contributed by atoms with Crippen molar-refractivity contribution < 1.29 is 37.0 Å². The fourth-order valence-corrected chi connectivity index (χ4v) is 5.72. The molecule has 0 radical (unpaired) electrons. The predicted molar refractivity (Wildman–Crippen MR) is 105 cm³/mol. The van der Waals surface area contributed by atoms with Gasteiger partial charge in [0.1, 0.15) is 0 Å². The number of anilines is 1. The Morgan fingerprint density at radius 2 is 1.91 bits per heavy atom. The van der Waals surface area contributed by atoms with Crippen molar-refractivity contribution in [3.8, 4) is 6.07 Å². The van der Waals surface area contributed by atoms with Crippen LogP contribution in [0.5, 0.6) is 0 Å². The van der Waals surface area contributed by atoms with Crippen molar-refractivity contribution in [2.75, 3.05) is 11.5 Å². The minimum atomic E-state index is -4.83. The van der Waals surface area contributed by atoms with E-state index in [4.69, 9.17) is 14.7 Å². The lowest BCUT2D eigenvalue weighted by atomic mass is 9.64. The molecule has 0 spiro atoms. The molecule has 5 rings (SSSR count). The van der Waals surface area contributed by atoms with E-state index in [1.807, 2.05) is 0 Å². The molecule has 1 aromatic rings. The van der Waals surface area contributed by atoms with Gasteiger partial charge in [-0.1, -0.05) is 0 Å². The van der Waals surface area contributed by atoms with Crippen LogP contribution in [-0.4, -0.2) is 35.6 Å². The summed E-state index contributed by atoms with van der Waals surface area (Å²) in [5, 5.41) is 9.02. The third-order valence-electron chi connectivity index (χ3n) is 7.47. The molecule has 0 N–H and O–H groups in total. The van der Waals surface area contributed by atoms with Gasteiger partial charge in [0, 0.05) is 0 Å². The first-order valence-electron chi connectivity index (χ1n) is 10.8. The van der Waals surface area contributed by atoms with Gasteiger partial charge in [-0.15, -0.1) is 0 Å². The normalized spacial score (nSPS) is 35.0. The fraction of sp³-hybridized carbons (Fsp3) is 0.565. The summed E-state index contributed by atoms with van der Waals surface area (Å²) < 4.78 is 51.9. The molecule has 2 amide bonds. The predicted octanol–water partition coefficient (Wildman–Crippen LogP) is 3.20. The van der Waals surface area contributed by atoms with Gasteiger partial charge in [0.25, 0.3) is 0 Å². The number of ether oxygens (including phenoxy) is 2. The number of amides is 2. The van der Waals surface area contributed by atoms with Crippen LogP contribution in [0.2, 0.25) is 0 Å². The van der Waals surface area contributed by atoms with Gasteiger partial charge in [0.05, 0.1) is 58.4 Å². The van der Waals surface area contributed by atoms with E-state index >= 15 is 0 Å². The summed E-state index contributed by atoms with van der Waals surface area (Å²) in [6, 6.07) is 4.22. The van der Waals surface area contributed by atoms with Gasteiger partial charge >= 0.3 is 12.1 Å². The summed E-state index contributed by atoms with van der Waals surface area (Å²) in [4.78, 5) is 40.3. The standard InChI is InChI=1S/C23H21F3N2O5/c1-21-8-15(20(31)32-10-11-3-4-11)22(2,33-21)17-16(21)18(29)28(19(17)30)13-6-5-12(9-27)14(7-13)23(24,25)26/h5-7,11,15-17H,3-4,8,10H2,1-2H3/t15-,16+,17-,21?,22?/m1/s1. The van der Waals surface area contributed by atoms with E-state index in [0.717, 1.165) is 29.9 Å². The number of nitrogens with zero attached hydrogens (tertiary/aromatic N) is 2. The molecular weight excluding hydrogens is 441 g/mol. The summed E-state index contributed by atoms with van der Waals surface area (Å²) in [6.45, 7) is 3.56. The molecule has 1 aliphatic carbocycles. The zero-order valence-corrected chi connectivity index (χ0v) is 17.9. The largest absolute Gasteiger partial charge is 0.465 e. The maximum absolute atomic E-state index is 13.4. The number of imide groups is 1. The van der Waals surface area contributed by atoms with Crippen molar-refractivity contribution in [2.24, 2.45) is 23.7 Å². The molecule has 2 bridgehead atoms. The first-order valence-corrected chi connectivity index (χ1v) is 10.8. The Morgan fingerprint density at radius 3 is 2.52 bits per heavy atom. The van der Waals surface area contributed by atoms with E-state index in [-0.39, 0.29) is 12.1 Å². The van der Waals surface area contributed by atoms with Crippen molar-refractivity contribution in [1.82, 2.24) is 0 Å². The molecule has 7 nitrogen and oxygen atoms in total. The molecule has 33 heavy (non-hydrogen) atoms. The van der Waals surface area contributed by atoms with Crippen molar-refractivity contribution in [1.29, 1.82) is 5.26 Å². The van der Waals surface area contributed by atoms with E-state index in [1.54, 1.807) is 13.8 Å². The number of carbonyl (C=O) groups is 3. The van der Waals surface area contributed by atoms with Gasteiger partial charge in [-0.05, 0) is 57.2 Å². The number of nitriles is 1. The molecule has 3 saturated heterocycles. The van der Waals surface area contributed by atoms with Crippen molar-refractivity contribution >= 4 is 23.5 Å². The first kappa shape index (κ1) is 21.9.